The minimum atomic E-state index is -0.234. The number of thiazole rings is 1. The van der Waals surface area contributed by atoms with E-state index in [1.54, 1.807) is 25.7 Å². The Hall–Kier alpha value is -3.06. The number of methoxy groups -OCH3 is 2. The van der Waals surface area contributed by atoms with Crippen LogP contribution in [0.4, 0.5) is 16.5 Å². The molecule has 1 amide bonds. The zero-order valence-electron chi connectivity index (χ0n) is 15.4. The van der Waals surface area contributed by atoms with Gasteiger partial charge in [-0.2, -0.15) is 0 Å². The first kappa shape index (κ1) is 18.7. The molecule has 6 nitrogen and oxygen atoms in total. The summed E-state index contributed by atoms with van der Waals surface area (Å²) in [5.41, 5.74) is 3.00. The van der Waals surface area contributed by atoms with Crippen LogP contribution in [0.15, 0.2) is 47.8 Å². The molecule has 7 heteroatoms. The summed E-state index contributed by atoms with van der Waals surface area (Å²) in [7, 11) is 3.19. The number of amides is 1. The van der Waals surface area contributed by atoms with E-state index in [2.05, 4.69) is 22.5 Å². The molecule has 1 heterocycles. The molecule has 0 spiro atoms. The lowest BCUT2D eigenvalue weighted by molar-refractivity contribution is 0.102. The van der Waals surface area contributed by atoms with Crippen LogP contribution < -0.4 is 20.1 Å². The highest BCUT2D eigenvalue weighted by molar-refractivity contribution is 7.14. The molecule has 0 aliphatic heterocycles. The normalized spacial score (nSPS) is 10.3. The lowest BCUT2D eigenvalue weighted by atomic mass is 10.1. The summed E-state index contributed by atoms with van der Waals surface area (Å²) in [5, 5.41) is 8.44. The van der Waals surface area contributed by atoms with Gasteiger partial charge in [-0.15, -0.1) is 11.3 Å². The molecule has 0 fully saturated rings. The molecular formula is C20H21N3O3S. The van der Waals surface area contributed by atoms with Crippen molar-refractivity contribution in [3.8, 4) is 11.5 Å². The Bertz CT molecular complexity index is 940. The van der Waals surface area contributed by atoms with Gasteiger partial charge in [-0.1, -0.05) is 25.1 Å². The van der Waals surface area contributed by atoms with Gasteiger partial charge in [0.2, 0.25) is 0 Å². The van der Waals surface area contributed by atoms with Gasteiger partial charge in [-0.05, 0) is 30.2 Å². The summed E-state index contributed by atoms with van der Waals surface area (Å²) in [6, 6.07) is 13.2. The molecule has 2 N–H and O–H groups in total. The lowest BCUT2D eigenvalue weighted by Crippen LogP contribution is -2.13. The van der Waals surface area contributed by atoms with Gasteiger partial charge in [0.1, 0.15) is 17.2 Å². The Kier molecular flexibility index (Phi) is 5.93. The van der Waals surface area contributed by atoms with Crippen molar-refractivity contribution in [2.75, 3.05) is 24.9 Å². The fraction of sp³-hybridized carbons (Fsp3) is 0.200. The Morgan fingerprint density at radius 1 is 1.11 bits per heavy atom. The SMILES string of the molecule is CCc1ccccc1NC(=O)c1csc(Nc2ccc(OC)cc2OC)n1. The number of anilines is 3. The summed E-state index contributed by atoms with van der Waals surface area (Å²) in [6.07, 6.45) is 0.845. The molecule has 0 radical (unpaired) electrons. The van der Waals surface area contributed by atoms with E-state index >= 15 is 0 Å². The highest BCUT2D eigenvalue weighted by Crippen LogP contribution is 2.32. The Morgan fingerprint density at radius 2 is 1.93 bits per heavy atom. The molecule has 3 rings (SSSR count). The van der Waals surface area contributed by atoms with Crippen molar-refractivity contribution in [2.45, 2.75) is 13.3 Å². The second-order valence-electron chi connectivity index (χ2n) is 5.69. The van der Waals surface area contributed by atoms with Gasteiger partial charge in [0, 0.05) is 17.1 Å². The third-order valence-electron chi connectivity index (χ3n) is 4.03. The van der Waals surface area contributed by atoms with Gasteiger partial charge < -0.3 is 20.1 Å². The topological polar surface area (TPSA) is 72.5 Å². The summed E-state index contributed by atoms with van der Waals surface area (Å²) >= 11 is 1.35. The van der Waals surface area contributed by atoms with E-state index in [0.717, 1.165) is 23.4 Å². The zero-order valence-corrected chi connectivity index (χ0v) is 16.2. The number of benzene rings is 2. The molecule has 0 atom stereocenters. The van der Waals surface area contributed by atoms with E-state index in [4.69, 9.17) is 9.47 Å². The summed E-state index contributed by atoms with van der Waals surface area (Å²) in [5.74, 6) is 1.10. The minimum absolute atomic E-state index is 0.234. The molecule has 0 saturated heterocycles. The monoisotopic (exact) mass is 383 g/mol. The zero-order chi connectivity index (χ0) is 19.2. The van der Waals surface area contributed by atoms with Crippen molar-refractivity contribution >= 4 is 33.8 Å². The van der Waals surface area contributed by atoms with Gasteiger partial charge in [0.25, 0.3) is 5.91 Å². The first-order valence-corrected chi connectivity index (χ1v) is 9.36. The van der Waals surface area contributed by atoms with Crippen LogP contribution >= 0.6 is 11.3 Å². The number of carbonyl (C=O) groups excluding carboxylic acids is 1. The fourth-order valence-corrected chi connectivity index (χ4v) is 3.29. The standard InChI is InChI=1S/C20H21N3O3S/c1-4-13-7-5-6-8-15(13)21-19(24)17-12-27-20(23-17)22-16-10-9-14(25-2)11-18(16)26-3/h5-12H,4H2,1-3H3,(H,21,24)(H,22,23). The first-order chi connectivity index (χ1) is 13.1. The highest BCUT2D eigenvalue weighted by atomic mass is 32.1. The number of carbonyl (C=O) groups is 1. The molecule has 0 saturated carbocycles. The Labute approximate surface area is 162 Å². The number of rotatable bonds is 7. The van der Waals surface area contributed by atoms with Gasteiger partial charge in [-0.3, -0.25) is 4.79 Å². The number of hydrogen-bond acceptors (Lipinski definition) is 6. The van der Waals surface area contributed by atoms with Crippen molar-refractivity contribution in [3.63, 3.8) is 0 Å². The van der Waals surface area contributed by atoms with Crippen LogP contribution in [0, 0.1) is 0 Å². The van der Waals surface area contributed by atoms with Crippen molar-refractivity contribution in [1.82, 2.24) is 4.98 Å². The Morgan fingerprint density at radius 3 is 2.67 bits per heavy atom. The third kappa shape index (κ3) is 4.38. The molecule has 2 aromatic carbocycles. The average molecular weight is 383 g/mol. The molecule has 1 aromatic heterocycles. The van der Waals surface area contributed by atoms with Crippen molar-refractivity contribution in [3.05, 3.63) is 59.1 Å². The van der Waals surface area contributed by atoms with Crippen LogP contribution in [0.3, 0.4) is 0 Å². The van der Waals surface area contributed by atoms with Gasteiger partial charge >= 0.3 is 0 Å². The maximum absolute atomic E-state index is 12.5. The number of nitrogens with one attached hydrogen (secondary N) is 2. The fourth-order valence-electron chi connectivity index (χ4n) is 2.59. The van der Waals surface area contributed by atoms with E-state index in [-0.39, 0.29) is 5.91 Å². The van der Waals surface area contributed by atoms with Crippen LogP contribution in [0.5, 0.6) is 11.5 Å². The Balaban J connectivity index is 1.74. The summed E-state index contributed by atoms with van der Waals surface area (Å²) in [6.45, 7) is 2.05. The van der Waals surface area contributed by atoms with Crippen molar-refractivity contribution in [2.24, 2.45) is 0 Å². The van der Waals surface area contributed by atoms with Gasteiger partial charge in [0.15, 0.2) is 5.13 Å². The number of nitrogens with zero attached hydrogens (tertiary/aromatic N) is 1. The number of para-hydroxylation sites is 1. The van der Waals surface area contributed by atoms with Gasteiger partial charge in [0.05, 0.1) is 19.9 Å². The first-order valence-electron chi connectivity index (χ1n) is 8.48. The smallest absolute Gasteiger partial charge is 0.275 e. The second-order valence-corrected chi connectivity index (χ2v) is 6.55. The van der Waals surface area contributed by atoms with E-state index in [9.17, 15) is 4.79 Å². The van der Waals surface area contributed by atoms with E-state index in [0.29, 0.717) is 22.3 Å². The molecule has 140 valence electrons. The molecule has 3 aromatic rings. The summed E-state index contributed by atoms with van der Waals surface area (Å²) in [4.78, 5) is 16.9. The number of ether oxygens (including phenoxy) is 2. The summed E-state index contributed by atoms with van der Waals surface area (Å²) < 4.78 is 10.6. The predicted octanol–water partition coefficient (Wildman–Crippen LogP) is 4.72. The largest absolute Gasteiger partial charge is 0.497 e. The maximum Gasteiger partial charge on any atom is 0.275 e. The van der Waals surface area contributed by atoms with Gasteiger partial charge in [-0.25, -0.2) is 4.98 Å². The van der Waals surface area contributed by atoms with Crippen LogP contribution in [0.2, 0.25) is 0 Å². The minimum Gasteiger partial charge on any atom is -0.497 e. The van der Waals surface area contributed by atoms with Crippen molar-refractivity contribution < 1.29 is 14.3 Å². The molecule has 0 aliphatic rings. The van der Waals surface area contributed by atoms with E-state index < -0.39 is 0 Å². The number of aromatic nitrogens is 1. The molecule has 27 heavy (non-hydrogen) atoms. The average Bonchev–Trinajstić information content (AvgIpc) is 3.17. The number of aryl methyl sites for hydroxylation is 1. The second kappa shape index (κ2) is 8.55. The third-order valence-corrected chi connectivity index (χ3v) is 4.79. The molecule has 0 unspecified atom stereocenters. The molecular weight excluding hydrogens is 362 g/mol. The van der Waals surface area contributed by atoms with E-state index in [1.165, 1.54) is 11.3 Å². The van der Waals surface area contributed by atoms with Crippen LogP contribution in [-0.2, 0) is 6.42 Å². The lowest BCUT2D eigenvalue weighted by Gasteiger charge is -2.10. The van der Waals surface area contributed by atoms with Crippen LogP contribution in [0.25, 0.3) is 0 Å². The maximum atomic E-state index is 12.5. The van der Waals surface area contributed by atoms with Crippen molar-refractivity contribution in [1.29, 1.82) is 0 Å². The van der Waals surface area contributed by atoms with E-state index in [1.807, 2.05) is 36.4 Å². The highest BCUT2D eigenvalue weighted by Gasteiger charge is 2.14. The van der Waals surface area contributed by atoms with Crippen LogP contribution in [-0.4, -0.2) is 25.1 Å². The molecule has 0 bridgehead atoms. The quantitative estimate of drug-likeness (QED) is 0.618. The number of hydrogen-bond donors (Lipinski definition) is 2. The predicted molar refractivity (Wildman–Crippen MR) is 109 cm³/mol. The molecule has 0 aliphatic carbocycles. The van der Waals surface area contributed by atoms with Crippen LogP contribution in [0.1, 0.15) is 23.0 Å².